The Morgan fingerprint density at radius 3 is 2.35 bits per heavy atom. The molecule has 1 heterocycles. The molecule has 0 aliphatic heterocycles. The molecule has 0 spiro atoms. The van der Waals surface area contributed by atoms with Crippen molar-refractivity contribution in [3.8, 4) is 0 Å². The molecule has 26 heavy (non-hydrogen) atoms. The summed E-state index contributed by atoms with van der Waals surface area (Å²) in [7, 11) is 0. The predicted octanol–water partition coefficient (Wildman–Crippen LogP) is 6.35. The number of hydrogen-bond acceptors (Lipinski definition) is 2. The highest BCUT2D eigenvalue weighted by Crippen LogP contribution is 2.29. The molecule has 0 radical (unpaired) electrons. The minimum absolute atomic E-state index is 0.365. The van der Waals surface area contributed by atoms with Gasteiger partial charge in [-0.25, -0.2) is 0 Å². The van der Waals surface area contributed by atoms with Gasteiger partial charge in [0.1, 0.15) is 0 Å². The number of benzene rings is 2. The number of anilines is 2. The van der Waals surface area contributed by atoms with E-state index in [1.165, 1.54) is 0 Å². The van der Waals surface area contributed by atoms with E-state index in [9.17, 15) is 0 Å². The van der Waals surface area contributed by atoms with Crippen LogP contribution >= 0.6 is 58.6 Å². The minimum atomic E-state index is 0.365. The molecule has 134 valence electrons. The van der Waals surface area contributed by atoms with Crippen LogP contribution in [0.4, 0.5) is 11.4 Å². The molecule has 2 aromatic carbocycles. The maximum Gasteiger partial charge on any atom is 0.175 e. The van der Waals surface area contributed by atoms with Crippen LogP contribution in [0, 0.1) is 0 Å². The SMILES string of the molecule is S=C(Nc1cnn(Cc2c(Cl)cccc2Cl)c1)Nc1cccc(Cl)c1Cl. The lowest BCUT2D eigenvalue weighted by Gasteiger charge is -2.11. The quantitative estimate of drug-likeness (QED) is 0.458. The molecule has 3 rings (SSSR count). The van der Waals surface area contributed by atoms with Crippen molar-refractivity contribution in [1.82, 2.24) is 9.78 Å². The summed E-state index contributed by atoms with van der Waals surface area (Å²) in [5, 5.41) is 12.7. The lowest BCUT2D eigenvalue weighted by atomic mass is 10.2. The fraction of sp³-hybridized carbons (Fsp3) is 0.0588. The lowest BCUT2D eigenvalue weighted by molar-refractivity contribution is 0.687. The van der Waals surface area contributed by atoms with Crippen LogP contribution < -0.4 is 10.6 Å². The van der Waals surface area contributed by atoms with E-state index in [0.717, 1.165) is 5.56 Å². The molecule has 0 saturated heterocycles. The third-order valence-electron chi connectivity index (χ3n) is 3.47. The Morgan fingerprint density at radius 1 is 0.962 bits per heavy atom. The molecule has 0 fully saturated rings. The van der Waals surface area contributed by atoms with E-state index in [1.54, 1.807) is 53.5 Å². The highest BCUT2D eigenvalue weighted by atomic mass is 35.5. The Morgan fingerprint density at radius 2 is 1.62 bits per heavy atom. The van der Waals surface area contributed by atoms with Gasteiger partial charge in [-0.3, -0.25) is 4.68 Å². The van der Waals surface area contributed by atoms with Crippen LogP contribution in [0.1, 0.15) is 5.56 Å². The zero-order valence-corrected chi connectivity index (χ0v) is 17.0. The van der Waals surface area contributed by atoms with Gasteiger partial charge in [0.05, 0.1) is 34.2 Å². The Bertz CT molecular complexity index is 937. The monoisotopic (exact) mass is 444 g/mol. The molecule has 3 aromatic rings. The number of aromatic nitrogens is 2. The summed E-state index contributed by atoms with van der Waals surface area (Å²) in [6, 6.07) is 10.7. The first-order valence-electron chi connectivity index (χ1n) is 7.41. The topological polar surface area (TPSA) is 41.9 Å². The van der Waals surface area contributed by atoms with Gasteiger partial charge in [0.25, 0.3) is 0 Å². The maximum absolute atomic E-state index is 6.19. The summed E-state index contributed by atoms with van der Waals surface area (Å²) in [4.78, 5) is 0. The van der Waals surface area contributed by atoms with Crippen molar-refractivity contribution in [1.29, 1.82) is 0 Å². The summed E-state index contributed by atoms with van der Waals surface area (Å²) < 4.78 is 1.71. The average molecular weight is 446 g/mol. The minimum Gasteiger partial charge on any atom is -0.331 e. The van der Waals surface area contributed by atoms with Crippen molar-refractivity contribution in [2.45, 2.75) is 6.54 Å². The van der Waals surface area contributed by atoms with Crippen LogP contribution in [0.15, 0.2) is 48.8 Å². The van der Waals surface area contributed by atoms with Crippen molar-refractivity contribution >= 4 is 75.1 Å². The number of halogens is 4. The van der Waals surface area contributed by atoms with E-state index in [0.29, 0.717) is 43.1 Å². The fourth-order valence-electron chi connectivity index (χ4n) is 2.24. The van der Waals surface area contributed by atoms with E-state index >= 15 is 0 Å². The predicted molar refractivity (Wildman–Crippen MR) is 114 cm³/mol. The smallest absolute Gasteiger partial charge is 0.175 e. The molecule has 9 heteroatoms. The fourth-order valence-corrected chi connectivity index (χ4v) is 3.34. The molecular formula is C17H12Cl4N4S. The number of hydrogen-bond donors (Lipinski definition) is 2. The van der Waals surface area contributed by atoms with E-state index in [2.05, 4.69) is 15.7 Å². The standard InChI is InChI=1S/C17H12Cl4N4S/c18-12-3-1-4-13(19)11(12)9-25-8-10(7-22-25)23-17(26)24-15-6-2-5-14(20)16(15)21/h1-8H,9H2,(H2,23,24,26). The van der Waals surface area contributed by atoms with Crippen LogP contribution in [-0.2, 0) is 6.54 Å². The second kappa shape index (κ2) is 8.46. The average Bonchev–Trinajstić information content (AvgIpc) is 3.02. The van der Waals surface area contributed by atoms with Gasteiger partial charge in [0.15, 0.2) is 5.11 Å². The largest absolute Gasteiger partial charge is 0.331 e. The first-order chi connectivity index (χ1) is 12.4. The van der Waals surface area contributed by atoms with E-state index in [1.807, 2.05) is 0 Å². The van der Waals surface area contributed by atoms with Gasteiger partial charge >= 0.3 is 0 Å². The van der Waals surface area contributed by atoms with Gasteiger partial charge < -0.3 is 10.6 Å². The van der Waals surface area contributed by atoms with E-state index < -0.39 is 0 Å². The Labute approximate surface area is 176 Å². The normalized spacial score (nSPS) is 10.6. The maximum atomic E-state index is 6.19. The molecule has 0 atom stereocenters. The highest BCUT2D eigenvalue weighted by Gasteiger charge is 2.09. The molecule has 0 aliphatic carbocycles. The van der Waals surface area contributed by atoms with Gasteiger partial charge in [0, 0.05) is 21.8 Å². The van der Waals surface area contributed by atoms with Crippen LogP contribution in [0.25, 0.3) is 0 Å². The Balaban J connectivity index is 1.67. The summed E-state index contributed by atoms with van der Waals surface area (Å²) in [5.74, 6) is 0. The number of nitrogens with one attached hydrogen (secondary N) is 2. The van der Waals surface area contributed by atoms with Crippen LogP contribution in [0.2, 0.25) is 20.1 Å². The van der Waals surface area contributed by atoms with Gasteiger partial charge in [-0.1, -0.05) is 58.5 Å². The zero-order valence-electron chi connectivity index (χ0n) is 13.1. The number of rotatable bonds is 4. The molecule has 2 N–H and O–H groups in total. The second-order valence-corrected chi connectivity index (χ2v) is 7.32. The van der Waals surface area contributed by atoms with Crippen LogP contribution in [0.3, 0.4) is 0 Å². The third-order valence-corrected chi connectivity index (χ3v) is 5.20. The molecule has 0 bridgehead atoms. The van der Waals surface area contributed by atoms with E-state index in [4.69, 9.17) is 58.6 Å². The summed E-state index contributed by atoms with van der Waals surface area (Å²) in [6.45, 7) is 0.445. The molecule has 0 saturated carbocycles. The van der Waals surface area contributed by atoms with Crippen molar-refractivity contribution in [2.24, 2.45) is 0 Å². The molecule has 0 aliphatic rings. The first-order valence-corrected chi connectivity index (χ1v) is 9.33. The second-order valence-electron chi connectivity index (χ2n) is 5.31. The Kier molecular flexibility index (Phi) is 6.27. The molecule has 4 nitrogen and oxygen atoms in total. The van der Waals surface area contributed by atoms with Gasteiger partial charge in [-0.15, -0.1) is 0 Å². The molecule has 1 aromatic heterocycles. The first kappa shape index (κ1) is 19.3. The van der Waals surface area contributed by atoms with Crippen molar-refractivity contribution < 1.29 is 0 Å². The van der Waals surface area contributed by atoms with Crippen molar-refractivity contribution in [3.63, 3.8) is 0 Å². The summed E-state index contributed by atoms with van der Waals surface area (Å²) >= 11 is 29.8. The van der Waals surface area contributed by atoms with Gasteiger partial charge in [-0.2, -0.15) is 5.10 Å². The molecule has 0 unspecified atom stereocenters. The molecule has 0 amide bonds. The van der Waals surface area contributed by atoms with E-state index in [-0.39, 0.29) is 0 Å². The zero-order chi connectivity index (χ0) is 18.7. The Hall–Kier alpha value is -1.50. The van der Waals surface area contributed by atoms with Gasteiger partial charge in [-0.05, 0) is 36.5 Å². The lowest BCUT2D eigenvalue weighted by Crippen LogP contribution is -2.19. The number of thiocarbonyl (C=S) groups is 1. The van der Waals surface area contributed by atoms with Crippen LogP contribution in [0.5, 0.6) is 0 Å². The molecular weight excluding hydrogens is 434 g/mol. The van der Waals surface area contributed by atoms with Crippen LogP contribution in [-0.4, -0.2) is 14.9 Å². The summed E-state index contributed by atoms with van der Waals surface area (Å²) in [5.41, 5.74) is 2.13. The highest BCUT2D eigenvalue weighted by molar-refractivity contribution is 7.80. The van der Waals surface area contributed by atoms with Crippen molar-refractivity contribution in [3.05, 3.63) is 74.4 Å². The third kappa shape index (κ3) is 4.61. The summed E-state index contributed by atoms with van der Waals surface area (Å²) in [6.07, 6.45) is 3.45. The van der Waals surface area contributed by atoms with Gasteiger partial charge in [0.2, 0.25) is 0 Å². The van der Waals surface area contributed by atoms with Crippen molar-refractivity contribution in [2.75, 3.05) is 10.6 Å². The number of nitrogens with zero attached hydrogens (tertiary/aromatic N) is 2.